The van der Waals surface area contributed by atoms with Gasteiger partial charge in [0, 0.05) is 39.3 Å². The number of nitriles is 1. The van der Waals surface area contributed by atoms with E-state index in [1.54, 1.807) is 12.4 Å². The van der Waals surface area contributed by atoms with Gasteiger partial charge in [0.2, 0.25) is 0 Å². The lowest BCUT2D eigenvalue weighted by atomic mass is 10.0. The predicted octanol–water partition coefficient (Wildman–Crippen LogP) is 2.63. The number of hydrogen-bond donors (Lipinski definition) is 1. The molecule has 1 aliphatic heterocycles. The van der Waals surface area contributed by atoms with Crippen molar-refractivity contribution in [1.29, 1.82) is 5.26 Å². The fourth-order valence-corrected chi connectivity index (χ4v) is 3.03. The summed E-state index contributed by atoms with van der Waals surface area (Å²) < 4.78 is 13.8. The van der Waals surface area contributed by atoms with Crippen molar-refractivity contribution in [3.8, 4) is 6.07 Å². The molecule has 0 spiro atoms. The van der Waals surface area contributed by atoms with E-state index in [0.29, 0.717) is 11.7 Å². The summed E-state index contributed by atoms with van der Waals surface area (Å²) in [6.07, 6.45) is 3.34. The lowest BCUT2D eigenvalue weighted by Crippen LogP contribution is -2.39. The SMILES string of the molecule is CN(C)c1cc(NC2CCN(c3cccc(F)c3C#N)CC2)ncn1. The van der Waals surface area contributed by atoms with Crippen LogP contribution in [0.25, 0.3) is 0 Å². The van der Waals surface area contributed by atoms with E-state index in [0.717, 1.165) is 37.6 Å². The average molecular weight is 340 g/mol. The van der Waals surface area contributed by atoms with E-state index in [1.807, 2.05) is 37.2 Å². The topological polar surface area (TPSA) is 68.1 Å². The Morgan fingerprint density at radius 3 is 2.72 bits per heavy atom. The van der Waals surface area contributed by atoms with Gasteiger partial charge >= 0.3 is 0 Å². The first-order valence-corrected chi connectivity index (χ1v) is 8.28. The van der Waals surface area contributed by atoms with Crippen molar-refractivity contribution in [2.24, 2.45) is 0 Å². The molecule has 3 rings (SSSR count). The number of rotatable bonds is 4. The number of nitrogens with zero attached hydrogens (tertiary/aromatic N) is 5. The third kappa shape index (κ3) is 3.79. The molecule has 0 bridgehead atoms. The highest BCUT2D eigenvalue weighted by atomic mass is 19.1. The summed E-state index contributed by atoms with van der Waals surface area (Å²) in [6.45, 7) is 1.53. The Morgan fingerprint density at radius 1 is 1.28 bits per heavy atom. The Bertz CT molecular complexity index is 777. The van der Waals surface area contributed by atoms with Crippen LogP contribution in [0.4, 0.5) is 21.7 Å². The number of aromatic nitrogens is 2. The quantitative estimate of drug-likeness (QED) is 0.923. The summed E-state index contributed by atoms with van der Waals surface area (Å²) in [6, 6.07) is 8.98. The molecule has 0 radical (unpaired) electrons. The Balaban J connectivity index is 1.64. The molecule has 7 heteroatoms. The third-order valence-electron chi connectivity index (χ3n) is 4.40. The molecule has 1 aliphatic rings. The molecule has 1 aromatic heterocycles. The first-order valence-electron chi connectivity index (χ1n) is 8.28. The molecule has 2 aromatic rings. The van der Waals surface area contributed by atoms with Gasteiger partial charge in [0.05, 0.1) is 5.69 Å². The Kier molecular flexibility index (Phi) is 4.98. The van der Waals surface area contributed by atoms with Crippen LogP contribution in [-0.2, 0) is 0 Å². The summed E-state index contributed by atoms with van der Waals surface area (Å²) in [5, 5.41) is 12.6. The fraction of sp³-hybridized carbons (Fsp3) is 0.389. The number of anilines is 3. The zero-order valence-electron chi connectivity index (χ0n) is 14.4. The maximum absolute atomic E-state index is 13.8. The number of piperidine rings is 1. The number of nitrogens with one attached hydrogen (secondary N) is 1. The van der Waals surface area contributed by atoms with E-state index < -0.39 is 5.82 Å². The van der Waals surface area contributed by atoms with E-state index in [9.17, 15) is 9.65 Å². The van der Waals surface area contributed by atoms with Gasteiger partial charge in [-0.15, -0.1) is 0 Å². The van der Waals surface area contributed by atoms with Crippen molar-refractivity contribution >= 4 is 17.3 Å². The molecule has 1 saturated heterocycles. The fourth-order valence-electron chi connectivity index (χ4n) is 3.03. The molecule has 1 aromatic carbocycles. The van der Waals surface area contributed by atoms with Gasteiger partial charge in [-0.25, -0.2) is 14.4 Å². The maximum Gasteiger partial charge on any atom is 0.143 e. The first-order chi connectivity index (χ1) is 12.1. The van der Waals surface area contributed by atoms with E-state index in [4.69, 9.17) is 0 Å². The largest absolute Gasteiger partial charge is 0.370 e. The molecule has 0 saturated carbocycles. The van der Waals surface area contributed by atoms with Crippen LogP contribution in [0.15, 0.2) is 30.6 Å². The molecule has 0 unspecified atom stereocenters. The number of benzene rings is 1. The van der Waals surface area contributed by atoms with Crippen molar-refractivity contribution in [2.45, 2.75) is 18.9 Å². The van der Waals surface area contributed by atoms with Crippen LogP contribution < -0.4 is 15.1 Å². The smallest absolute Gasteiger partial charge is 0.143 e. The second-order valence-corrected chi connectivity index (χ2v) is 6.31. The molecule has 1 fully saturated rings. The van der Waals surface area contributed by atoms with Crippen LogP contribution in [0.5, 0.6) is 0 Å². The molecule has 130 valence electrons. The van der Waals surface area contributed by atoms with Gasteiger partial charge in [-0.1, -0.05) is 6.07 Å². The van der Waals surface area contributed by atoms with Crippen LogP contribution in [0, 0.1) is 17.1 Å². The van der Waals surface area contributed by atoms with Gasteiger partial charge in [-0.05, 0) is 25.0 Å². The lowest BCUT2D eigenvalue weighted by Gasteiger charge is -2.34. The van der Waals surface area contributed by atoms with Crippen LogP contribution in [-0.4, -0.2) is 43.2 Å². The minimum absolute atomic E-state index is 0.125. The van der Waals surface area contributed by atoms with Gasteiger partial charge in [0.1, 0.15) is 35.4 Å². The third-order valence-corrected chi connectivity index (χ3v) is 4.40. The zero-order chi connectivity index (χ0) is 17.8. The van der Waals surface area contributed by atoms with Crippen LogP contribution in [0.1, 0.15) is 18.4 Å². The Hall–Kier alpha value is -2.88. The predicted molar refractivity (Wildman–Crippen MR) is 96.3 cm³/mol. The highest BCUT2D eigenvalue weighted by molar-refractivity contribution is 5.60. The molecule has 0 amide bonds. The molecule has 0 aliphatic carbocycles. The minimum Gasteiger partial charge on any atom is -0.370 e. The summed E-state index contributed by atoms with van der Waals surface area (Å²) in [5.41, 5.74) is 0.804. The average Bonchev–Trinajstić information content (AvgIpc) is 2.62. The van der Waals surface area contributed by atoms with E-state index >= 15 is 0 Å². The summed E-state index contributed by atoms with van der Waals surface area (Å²) in [5.74, 6) is 1.20. The van der Waals surface area contributed by atoms with Crippen molar-refractivity contribution in [3.05, 3.63) is 42.0 Å². The van der Waals surface area contributed by atoms with Crippen LogP contribution in [0.3, 0.4) is 0 Å². The van der Waals surface area contributed by atoms with Crippen molar-refractivity contribution in [3.63, 3.8) is 0 Å². The van der Waals surface area contributed by atoms with Crippen molar-refractivity contribution in [2.75, 3.05) is 42.3 Å². The van der Waals surface area contributed by atoms with Gasteiger partial charge in [-0.2, -0.15) is 5.26 Å². The van der Waals surface area contributed by atoms with Crippen molar-refractivity contribution < 1.29 is 4.39 Å². The second-order valence-electron chi connectivity index (χ2n) is 6.31. The molecule has 2 heterocycles. The van der Waals surface area contributed by atoms with E-state index in [2.05, 4.69) is 20.2 Å². The monoisotopic (exact) mass is 340 g/mol. The lowest BCUT2D eigenvalue weighted by molar-refractivity contribution is 0.523. The second kappa shape index (κ2) is 7.34. The molecule has 6 nitrogen and oxygen atoms in total. The highest BCUT2D eigenvalue weighted by Gasteiger charge is 2.22. The highest BCUT2D eigenvalue weighted by Crippen LogP contribution is 2.26. The zero-order valence-corrected chi connectivity index (χ0v) is 14.4. The minimum atomic E-state index is -0.461. The van der Waals surface area contributed by atoms with Gasteiger partial charge in [0.15, 0.2) is 0 Å². The van der Waals surface area contributed by atoms with Crippen molar-refractivity contribution in [1.82, 2.24) is 9.97 Å². The molecule has 0 atom stereocenters. The summed E-state index contributed by atoms with van der Waals surface area (Å²) >= 11 is 0. The Labute approximate surface area is 146 Å². The van der Waals surface area contributed by atoms with Gasteiger partial charge in [-0.3, -0.25) is 0 Å². The van der Waals surface area contributed by atoms with Gasteiger partial charge in [0.25, 0.3) is 0 Å². The molecule has 25 heavy (non-hydrogen) atoms. The maximum atomic E-state index is 13.8. The summed E-state index contributed by atoms with van der Waals surface area (Å²) in [7, 11) is 3.88. The van der Waals surface area contributed by atoms with E-state index in [1.165, 1.54) is 6.07 Å². The van der Waals surface area contributed by atoms with Crippen LogP contribution in [0.2, 0.25) is 0 Å². The van der Waals surface area contributed by atoms with Crippen LogP contribution >= 0.6 is 0 Å². The van der Waals surface area contributed by atoms with Gasteiger partial charge < -0.3 is 15.1 Å². The number of halogens is 1. The van der Waals surface area contributed by atoms with E-state index in [-0.39, 0.29) is 5.56 Å². The molecular formula is C18H21FN6. The Morgan fingerprint density at radius 2 is 2.04 bits per heavy atom. The molecular weight excluding hydrogens is 319 g/mol. The normalized spacial score (nSPS) is 14.9. The standard InChI is InChI=1S/C18H21FN6/c1-24(2)18-10-17(21-12-22-18)23-13-6-8-25(9-7-13)16-5-3-4-15(19)14(16)11-20/h3-5,10,12-13H,6-9H2,1-2H3,(H,21,22,23). The first kappa shape index (κ1) is 17.0. The summed E-state index contributed by atoms with van der Waals surface area (Å²) in [4.78, 5) is 12.5. The molecule has 1 N–H and O–H groups in total. The number of hydrogen-bond acceptors (Lipinski definition) is 6.